The normalized spacial score (nSPS) is 10.3. The lowest BCUT2D eigenvalue weighted by atomic mass is 10.1. The Morgan fingerprint density at radius 3 is 2.91 bits per heavy atom. The zero-order valence-electron chi connectivity index (χ0n) is 7.10. The van der Waals surface area contributed by atoms with E-state index in [0.717, 1.165) is 6.42 Å². The first-order valence-electron chi connectivity index (χ1n) is 4.36. The molecule has 0 spiro atoms. The quantitative estimate of drug-likeness (QED) is 0.589. The third-order valence-electron chi connectivity index (χ3n) is 1.82. The van der Waals surface area contributed by atoms with Crippen LogP contribution < -0.4 is 0 Å². The lowest BCUT2D eigenvalue weighted by Crippen LogP contribution is -1.81. The predicted molar refractivity (Wildman–Crippen MR) is 45.4 cm³/mol. The fourth-order valence-electron chi connectivity index (χ4n) is 1.13. The highest BCUT2D eigenvalue weighted by atomic mass is 16.3. The Labute approximate surface area is 68.4 Å². The van der Waals surface area contributed by atoms with Gasteiger partial charge in [0.15, 0.2) is 0 Å². The predicted octanol–water partition coefficient (Wildman–Crippen LogP) is 3.20. The van der Waals surface area contributed by atoms with Gasteiger partial charge in [0.25, 0.3) is 0 Å². The molecule has 0 saturated heterocycles. The van der Waals surface area contributed by atoms with E-state index in [1.165, 1.54) is 31.2 Å². The third kappa shape index (κ3) is 3.26. The molecule has 0 atom stereocenters. The molecule has 1 rings (SSSR count). The van der Waals surface area contributed by atoms with E-state index in [0.29, 0.717) is 0 Å². The molecular formula is C10H15O. The van der Waals surface area contributed by atoms with Crippen molar-refractivity contribution in [1.82, 2.24) is 0 Å². The van der Waals surface area contributed by atoms with Crippen LogP contribution in [0, 0.1) is 6.07 Å². The lowest BCUT2D eigenvalue weighted by Gasteiger charge is -1.95. The Hall–Kier alpha value is -0.720. The van der Waals surface area contributed by atoms with Gasteiger partial charge in [-0.2, -0.15) is 0 Å². The lowest BCUT2D eigenvalue weighted by molar-refractivity contribution is 0.561. The minimum atomic E-state index is 1.12. The molecule has 0 aromatic carbocycles. The number of furan rings is 1. The first-order valence-corrected chi connectivity index (χ1v) is 4.36. The molecule has 1 heterocycles. The fraction of sp³-hybridized carbons (Fsp3) is 0.600. The molecule has 0 bridgehead atoms. The summed E-state index contributed by atoms with van der Waals surface area (Å²) in [5, 5.41) is 0. The van der Waals surface area contributed by atoms with Crippen LogP contribution in [0.15, 0.2) is 16.9 Å². The molecule has 1 heteroatoms. The van der Waals surface area contributed by atoms with Crippen LogP contribution in [0.5, 0.6) is 0 Å². The summed E-state index contributed by atoms with van der Waals surface area (Å²) >= 11 is 0. The standard InChI is InChI=1S/C10H15O/c1-2-3-4-5-6-10-7-8-11-9-10/h8-9H,2-6H2,1H3. The van der Waals surface area contributed by atoms with Crippen molar-refractivity contribution in [3.63, 3.8) is 0 Å². The van der Waals surface area contributed by atoms with Crippen LogP contribution in [0.2, 0.25) is 0 Å². The Bertz CT molecular complexity index is 165. The van der Waals surface area contributed by atoms with Crippen molar-refractivity contribution < 1.29 is 4.42 Å². The molecule has 0 saturated carbocycles. The Kier molecular flexibility index (Phi) is 3.81. The molecule has 1 radical (unpaired) electrons. The molecule has 1 aromatic rings. The summed E-state index contributed by atoms with van der Waals surface area (Å²) in [6.45, 7) is 2.23. The minimum Gasteiger partial charge on any atom is -0.472 e. The van der Waals surface area contributed by atoms with Crippen molar-refractivity contribution in [2.75, 3.05) is 0 Å². The molecule has 61 valence electrons. The molecule has 1 nitrogen and oxygen atoms in total. The summed E-state index contributed by atoms with van der Waals surface area (Å²) in [4.78, 5) is 0. The van der Waals surface area contributed by atoms with Crippen LogP contribution in [0.4, 0.5) is 0 Å². The summed E-state index contributed by atoms with van der Waals surface area (Å²) in [5.41, 5.74) is 1.21. The maximum atomic E-state index is 4.92. The highest BCUT2D eigenvalue weighted by Crippen LogP contribution is 2.06. The van der Waals surface area contributed by atoms with Gasteiger partial charge in [0.1, 0.15) is 0 Å². The van der Waals surface area contributed by atoms with E-state index >= 15 is 0 Å². The summed E-state index contributed by atoms with van der Waals surface area (Å²) in [6.07, 6.45) is 9.77. The monoisotopic (exact) mass is 151 g/mol. The second-order valence-electron chi connectivity index (χ2n) is 2.85. The van der Waals surface area contributed by atoms with Crippen LogP contribution in [0.3, 0.4) is 0 Å². The Morgan fingerprint density at radius 2 is 2.27 bits per heavy atom. The van der Waals surface area contributed by atoms with Gasteiger partial charge in [-0.05, 0) is 18.4 Å². The van der Waals surface area contributed by atoms with E-state index in [1.807, 2.05) is 0 Å². The summed E-state index contributed by atoms with van der Waals surface area (Å²) in [6, 6.07) is 3.05. The minimum absolute atomic E-state index is 1.12. The van der Waals surface area contributed by atoms with Crippen molar-refractivity contribution in [1.29, 1.82) is 0 Å². The molecule has 0 aliphatic carbocycles. The number of hydrogen-bond donors (Lipinski definition) is 0. The van der Waals surface area contributed by atoms with Gasteiger partial charge in [0.2, 0.25) is 0 Å². The van der Waals surface area contributed by atoms with Crippen molar-refractivity contribution >= 4 is 0 Å². The van der Waals surface area contributed by atoms with Gasteiger partial charge < -0.3 is 4.42 Å². The van der Waals surface area contributed by atoms with Crippen LogP contribution in [0.25, 0.3) is 0 Å². The smallest absolute Gasteiger partial charge is 0.0985 e. The molecule has 0 unspecified atom stereocenters. The molecule has 0 amide bonds. The first-order chi connectivity index (χ1) is 5.43. The topological polar surface area (TPSA) is 13.1 Å². The van der Waals surface area contributed by atoms with Gasteiger partial charge in [-0.3, -0.25) is 0 Å². The van der Waals surface area contributed by atoms with E-state index in [1.54, 1.807) is 12.5 Å². The number of hydrogen-bond acceptors (Lipinski definition) is 1. The van der Waals surface area contributed by atoms with Crippen molar-refractivity contribution in [3.05, 3.63) is 24.2 Å². The zero-order valence-corrected chi connectivity index (χ0v) is 7.10. The van der Waals surface area contributed by atoms with Crippen LogP contribution in [-0.4, -0.2) is 0 Å². The SMILES string of the molecule is CCCCCCc1[c]coc1. The van der Waals surface area contributed by atoms with Crippen LogP contribution >= 0.6 is 0 Å². The highest BCUT2D eigenvalue weighted by molar-refractivity contribution is 5.02. The molecule has 0 aliphatic rings. The molecule has 0 fully saturated rings. The summed E-state index contributed by atoms with van der Waals surface area (Å²) < 4.78 is 4.92. The molecule has 11 heavy (non-hydrogen) atoms. The van der Waals surface area contributed by atoms with Crippen LogP contribution in [0.1, 0.15) is 38.2 Å². The molecule has 1 aromatic heterocycles. The second-order valence-corrected chi connectivity index (χ2v) is 2.85. The van der Waals surface area contributed by atoms with Gasteiger partial charge in [0.05, 0.1) is 12.5 Å². The second kappa shape index (κ2) is 5.00. The number of unbranched alkanes of at least 4 members (excludes halogenated alkanes) is 3. The fourth-order valence-corrected chi connectivity index (χ4v) is 1.13. The summed E-state index contributed by atoms with van der Waals surface area (Å²) in [5.74, 6) is 0. The molecule has 0 aliphatic heterocycles. The van der Waals surface area contributed by atoms with Gasteiger partial charge in [-0.25, -0.2) is 0 Å². The van der Waals surface area contributed by atoms with Crippen LogP contribution in [-0.2, 0) is 6.42 Å². The van der Waals surface area contributed by atoms with Gasteiger partial charge in [-0.1, -0.05) is 26.2 Å². The average Bonchev–Trinajstić information content (AvgIpc) is 2.50. The van der Waals surface area contributed by atoms with E-state index in [9.17, 15) is 0 Å². The van der Waals surface area contributed by atoms with Crippen molar-refractivity contribution in [2.24, 2.45) is 0 Å². The average molecular weight is 151 g/mol. The maximum absolute atomic E-state index is 4.92. The van der Waals surface area contributed by atoms with Crippen molar-refractivity contribution in [2.45, 2.75) is 39.0 Å². The third-order valence-corrected chi connectivity index (χ3v) is 1.82. The Balaban J connectivity index is 2.04. The maximum Gasteiger partial charge on any atom is 0.0985 e. The zero-order chi connectivity index (χ0) is 7.94. The van der Waals surface area contributed by atoms with E-state index in [-0.39, 0.29) is 0 Å². The van der Waals surface area contributed by atoms with E-state index in [2.05, 4.69) is 13.0 Å². The number of rotatable bonds is 5. The van der Waals surface area contributed by atoms with Gasteiger partial charge >= 0.3 is 0 Å². The van der Waals surface area contributed by atoms with E-state index < -0.39 is 0 Å². The van der Waals surface area contributed by atoms with Crippen molar-refractivity contribution in [3.8, 4) is 0 Å². The molecule has 0 N–H and O–H groups in total. The largest absolute Gasteiger partial charge is 0.472 e. The highest BCUT2D eigenvalue weighted by Gasteiger charge is 1.93. The summed E-state index contributed by atoms with van der Waals surface area (Å²) in [7, 11) is 0. The van der Waals surface area contributed by atoms with Gasteiger partial charge in [0, 0.05) is 6.07 Å². The van der Waals surface area contributed by atoms with Gasteiger partial charge in [-0.15, -0.1) is 0 Å². The number of aryl methyl sites for hydroxylation is 1. The van der Waals surface area contributed by atoms with E-state index in [4.69, 9.17) is 4.42 Å². The first kappa shape index (κ1) is 8.38. The Morgan fingerprint density at radius 1 is 1.36 bits per heavy atom. The molecular weight excluding hydrogens is 136 g/mol.